The Labute approximate surface area is 161 Å². The molecule has 1 heterocycles. The van der Waals surface area contributed by atoms with Gasteiger partial charge >= 0.3 is 0 Å². The van der Waals surface area contributed by atoms with Crippen LogP contribution in [0.1, 0.15) is 24.0 Å². The third kappa shape index (κ3) is 4.94. The number of ether oxygens (including phenoxy) is 2. The first-order chi connectivity index (χ1) is 13.1. The molecule has 5 heteroatoms. The van der Waals surface area contributed by atoms with E-state index in [0.717, 1.165) is 48.7 Å². The molecule has 1 N–H and O–H groups in total. The van der Waals surface area contributed by atoms with E-state index in [1.54, 1.807) is 7.11 Å². The number of aryl methyl sites for hydroxylation is 2. The molecule has 0 radical (unpaired) electrons. The number of nitrogens with zero attached hydrogens (tertiary/aromatic N) is 1. The third-order valence-electron chi connectivity index (χ3n) is 4.97. The zero-order valence-corrected chi connectivity index (χ0v) is 16.3. The number of methoxy groups -OCH3 is 1. The van der Waals surface area contributed by atoms with Gasteiger partial charge in [0, 0.05) is 25.9 Å². The van der Waals surface area contributed by atoms with Crippen molar-refractivity contribution >= 4 is 11.6 Å². The van der Waals surface area contributed by atoms with Gasteiger partial charge in [-0.25, -0.2) is 0 Å². The van der Waals surface area contributed by atoms with Crippen molar-refractivity contribution in [2.45, 2.75) is 32.8 Å². The Kier molecular flexibility index (Phi) is 6.22. The SMILES string of the molecule is COc1ccccc1NCC(=O)N1CCC(Oc2cc(C)ccc2C)CC1. The quantitative estimate of drug-likeness (QED) is 0.843. The molecule has 1 fully saturated rings. The van der Waals surface area contributed by atoms with Crippen molar-refractivity contribution in [2.24, 2.45) is 0 Å². The number of nitrogens with one attached hydrogen (secondary N) is 1. The normalized spacial score (nSPS) is 14.7. The second kappa shape index (κ2) is 8.80. The van der Waals surface area contributed by atoms with Crippen molar-refractivity contribution in [1.82, 2.24) is 4.90 Å². The number of rotatable bonds is 6. The molecule has 5 nitrogen and oxygen atoms in total. The van der Waals surface area contributed by atoms with Gasteiger partial charge in [0.05, 0.1) is 19.3 Å². The van der Waals surface area contributed by atoms with Gasteiger partial charge in [-0.15, -0.1) is 0 Å². The second-order valence-electron chi connectivity index (χ2n) is 7.02. The number of hydrogen-bond acceptors (Lipinski definition) is 4. The maximum atomic E-state index is 12.5. The van der Waals surface area contributed by atoms with Crippen LogP contribution in [0.4, 0.5) is 5.69 Å². The molecule has 2 aromatic carbocycles. The first-order valence-corrected chi connectivity index (χ1v) is 9.45. The van der Waals surface area contributed by atoms with Crippen molar-refractivity contribution in [3.05, 3.63) is 53.6 Å². The Bertz CT molecular complexity index is 783. The number of anilines is 1. The van der Waals surface area contributed by atoms with Gasteiger partial charge in [0.15, 0.2) is 0 Å². The van der Waals surface area contributed by atoms with Crippen LogP contribution in [-0.4, -0.2) is 43.7 Å². The molecule has 1 aliphatic heterocycles. The number of piperidine rings is 1. The van der Waals surface area contributed by atoms with Gasteiger partial charge in [-0.05, 0) is 43.2 Å². The number of para-hydroxylation sites is 2. The van der Waals surface area contributed by atoms with E-state index in [-0.39, 0.29) is 18.6 Å². The minimum absolute atomic E-state index is 0.103. The van der Waals surface area contributed by atoms with Crippen molar-refractivity contribution in [2.75, 3.05) is 32.1 Å². The Hall–Kier alpha value is -2.69. The molecule has 3 rings (SSSR count). The first-order valence-electron chi connectivity index (χ1n) is 9.45. The first kappa shape index (κ1) is 19.1. The van der Waals surface area contributed by atoms with Crippen molar-refractivity contribution < 1.29 is 14.3 Å². The molecule has 1 aliphatic rings. The highest BCUT2D eigenvalue weighted by atomic mass is 16.5. The number of amides is 1. The standard InChI is InChI=1S/C22H28N2O3/c1-16-8-9-17(2)21(14-16)27-18-10-12-24(13-11-18)22(25)15-23-19-6-4-5-7-20(19)26-3/h4-9,14,18,23H,10-13,15H2,1-3H3. The summed E-state index contributed by atoms with van der Waals surface area (Å²) in [6.07, 6.45) is 1.87. The van der Waals surface area contributed by atoms with Crippen molar-refractivity contribution in [3.8, 4) is 11.5 Å². The fraction of sp³-hybridized carbons (Fsp3) is 0.409. The smallest absolute Gasteiger partial charge is 0.241 e. The highest BCUT2D eigenvalue weighted by Gasteiger charge is 2.24. The number of benzene rings is 2. The van der Waals surface area contributed by atoms with E-state index in [1.165, 1.54) is 5.56 Å². The molecule has 0 aromatic heterocycles. The number of carbonyl (C=O) groups excluding carboxylic acids is 1. The zero-order valence-electron chi connectivity index (χ0n) is 16.3. The van der Waals surface area contributed by atoms with Crippen LogP contribution in [0.25, 0.3) is 0 Å². The highest BCUT2D eigenvalue weighted by molar-refractivity contribution is 5.81. The average Bonchev–Trinajstić information content (AvgIpc) is 2.69. The minimum atomic E-state index is 0.103. The predicted molar refractivity (Wildman–Crippen MR) is 108 cm³/mol. The molecule has 0 unspecified atom stereocenters. The van der Waals surface area contributed by atoms with E-state index < -0.39 is 0 Å². The molecule has 0 bridgehead atoms. The Balaban J connectivity index is 1.48. The summed E-state index contributed by atoms with van der Waals surface area (Å²) in [7, 11) is 1.63. The molecule has 2 aromatic rings. The summed E-state index contributed by atoms with van der Waals surface area (Å²) >= 11 is 0. The number of likely N-dealkylation sites (tertiary alicyclic amines) is 1. The van der Waals surface area contributed by atoms with E-state index in [2.05, 4.69) is 37.4 Å². The summed E-state index contributed by atoms with van der Waals surface area (Å²) in [5.41, 5.74) is 3.19. The molecule has 0 atom stereocenters. The van der Waals surface area contributed by atoms with E-state index in [1.807, 2.05) is 29.2 Å². The lowest BCUT2D eigenvalue weighted by atomic mass is 10.1. The summed E-state index contributed by atoms with van der Waals surface area (Å²) in [4.78, 5) is 14.4. The second-order valence-corrected chi connectivity index (χ2v) is 7.02. The fourth-order valence-corrected chi connectivity index (χ4v) is 3.31. The summed E-state index contributed by atoms with van der Waals surface area (Å²) < 4.78 is 11.5. The Morgan fingerprint density at radius 1 is 1.11 bits per heavy atom. The van der Waals surface area contributed by atoms with Crippen molar-refractivity contribution in [1.29, 1.82) is 0 Å². The molecule has 27 heavy (non-hydrogen) atoms. The molecular weight excluding hydrogens is 340 g/mol. The number of hydrogen-bond donors (Lipinski definition) is 1. The van der Waals surface area contributed by atoms with Crippen molar-refractivity contribution in [3.63, 3.8) is 0 Å². The Morgan fingerprint density at radius 3 is 2.59 bits per heavy atom. The summed E-state index contributed by atoms with van der Waals surface area (Å²) in [5.74, 6) is 1.80. The molecule has 144 valence electrons. The monoisotopic (exact) mass is 368 g/mol. The summed E-state index contributed by atoms with van der Waals surface area (Å²) in [6.45, 7) is 5.85. The lowest BCUT2D eigenvalue weighted by Crippen LogP contribution is -2.44. The van der Waals surface area contributed by atoms with E-state index >= 15 is 0 Å². The third-order valence-corrected chi connectivity index (χ3v) is 4.97. The van der Waals surface area contributed by atoms with Crippen LogP contribution in [0.3, 0.4) is 0 Å². The van der Waals surface area contributed by atoms with Crippen LogP contribution in [0.2, 0.25) is 0 Å². The zero-order chi connectivity index (χ0) is 19.2. The van der Waals surface area contributed by atoms with Gasteiger partial charge in [-0.3, -0.25) is 4.79 Å². The molecule has 1 saturated heterocycles. The van der Waals surface area contributed by atoms with E-state index in [4.69, 9.17) is 9.47 Å². The molecular formula is C22H28N2O3. The van der Waals surface area contributed by atoms with Crippen LogP contribution in [0.15, 0.2) is 42.5 Å². The van der Waals surface area contributed by atoms with Crippen LogP contribution in [0, 0.1) is 13.8 Å². The van der Waals surface area contributed by atoms with E-state index in [9.17, 15) is 4.79 Å². The maximum Gasteiger partial charge on any atom is 0.241 e. The van der Waals surface area contributed by atoms with Crippen LogP contribution < -0.4 is 14.8 Å². The van der Waals surface area contributed by atoms with Crippen LogP contribution in [-0.2, 0) is 4.79 Å². The van der Waals surface area contributed by atoms with Gasteiger partial charge in [-0.1, -0.05) is 24.3 Å². The van der Waals surface area contributed by atoms with Gasteiger partial charge in [0.25, 0.3) is 0 Å². The summed E-state index contributed by atoms with van der Waals surface area (Å²) in [5, 5.41) is 3.18. The van der Waals surface area contributed by atoms with Crippen LogP contribution >= 0.6 is 0 Å². The average molecular weight is 368 g/mol. The predicted octanol–water partition coefficient (Wildman–Crippen LogP) is 3.79. The molecule has 1 amide bonds. The van der Waals surface area contributed by atoms with Gasteiger partial charge in [-0.2, -0.15) is 0 Å². The maximum absolute atomic E-state index is 12.5. The highest BCUT2D eigenvalue weighted by Crippen LogP contribution is 2.25. The Morgan fingerprint density at radius 2 is 1.85 bits per heavy atom. The molecule has 0 aliphatic carbocycles. The van der Waals surface area contributed by atoms with Crippen LogP contribution in [0.5, 0.6) is 11.5 Å². The lowest BCUT2D eigenvalue weighted by Gasteiger charge is -2.32. The molecule has 0 saturated carbocycles. The van der Waals surface area contributed by atoms with Gasteiger partial charge < -0.3 is 19.7 Å². The number of carbonyl (C=O) groups is 1. The largest absolute Gasteiger partial charge is 0.495 e. The van der Waals surface area contributed by atoms with E-state index in [0.29, 0.717) is 0 Å². The fourth-order valence-electron chi connectivity index (χ4n) is 3.31. The lowest BCUT2D eigenvalue weighted by molar-refractivity contribution is -0.131. The minimum Gasteiger partial charge on any atom is -0.495 e. The molecule has 0 spiro atoms. The van der Waals surface area contributed by atoms with Gasteiger partial charge in [0.2, 0.25) is 5.91 Å². The summed E-state index contributed by atoms with van der Waals surface area (Å²) in [6, 6.07) is 13.9. The van der Waals surface area contributed by atoms with Gasteiger partial charge in [0.1, 0.15) is 17.6 Å². The topological polar surface area (TPSA) is 50.8 Å².